The minimum Gasteiger partial charge on any atom is -0.383 e. The second-order valence-corrected chi connectivity index (χ2v) is 5.66. The van der Waals surface area contributed by atoms with Gasteiger partial charge < -0.3 is 5.11 Å². The quantitative estimate of drug-likeness (QED) is 0.881. The molecule has 1 heterocycles. The topological polar surface area (TPSA) is 33.1 Å². The maximum absolute atomic E-state index is 10.4. The van der Waals surface area contributed by atoms with E-state index < -0.39 is 6.10 Å². The molecule has 0 spiro atoms. The SMILES string of the molecule is Cc1nc(C)c(C(O)c2ccc(C)c(C)c2)s1. The molecule has 0 saturated heterocycles. The van der Waals surface area contributed by atoms with Crippen molar-refractivity contribution in [1.29, 1.82) is 0 Å². The fourth-order valence-corrected chi connectivity index (χ4v) is 2.83. The fourth-order valence-electron chi connectivity index (χ4n) is 1.89. The first-order valence-corrected chi connectivity index (χ1v) is 6.50. The van der Waals surface area contributed by atoms with E-state index in [4.69, 9.17) is 0 Å². The van der Waals surface area contributed by atoms with Crippen LogP contribution in [0.1, 0.15) is 38.4 Å². The molecule has 2 rings (SSSR count). The molecule has 1 aromatic carbocycles. The molecular formula is C14H17NOS. The lowest BCUT2D eigenvalue weighted by molar-refractivity contribution is 0.223. The molecule has 0 amide bonds. The molecule has 17 heavy (non-hydrogen) atoms. The lowest BCUT2D eigenvalue weighted by atomic mass is 10.0. The number of aliphatic hydroxyl groups excluding tert-OH is 1. The summed E-state index contributed by atoms with van der Waals surface area (Å²) in [5, 5.41) is 11.4. The van der Waals surface area contributed by atoms with E-state index in [9.17, 15) is 5.11 Å². The van der Waals surface area contributed by atoms with E-state index in [1.54, 1.807) is 11.3 Å². The Balaban J connectivity index is 2.40. The number of benzene rings is 1. The average molecular weight is 247 g/mol. The van der Waals surface area contributed by atoms with Crippen molar-refractivity contribution in [3.05, 3.63) is 50.5 Å². The lowest BCUT2D eigenvalue weighted by Gasteiger charge is -2.11. The molecular weight excluding hydrogens is 230 g/mol. The number of hydrogen-bond donors (Lipinski definition) is 1. The molecule has 1 atom stereocenters. The molecule has 1 N–H and O–H groups in total. The van der Waals surface area contributed by atoms with Gasteiger partial charge in [0.25, 0.3) is 0 Å². The molecule has 2 nitrogen and oxygen atoms in total. The Morgan fingerprint density at radius 1 is 1.12 bits per heavy atom. The highest BCUT2D eigenvalue weighted by Crippen LogP contribution is 2.30. The van der Waals surface area contributed by atoms with Gasteiger partial charge in [0, 0.05) is 0 Å². The predicted octanol–water partition coefficient (Wildman–Crippen LogP) is 3.46. The molecule has 0 aliphatic heterocycles. The second kappa shape index (κ2) is 4.59. The molecule has 0 aliphatic carbocycles. The Morgan fingerprint density at radius 2 is 1.82 bits per heavy atom. The van der Waals surface area contributed by atoms with Gasteiger partial charge in [0.2, 0.25) is 0 Å². The number of aryl methyl sites for hydroxylation is 4. The summed E-state index contributed by atoms with van der Waals surface area (Å²) in [5.74, 6) is 0. The van der Waals surface area contributed by atoms with E-state index in [1.807, 2.05) is 19.9 Å². The number of hydrogen-bond acceptors (Lipinski definition) is 3. The summed E-state index contributed by atoms with van der Waals surface area (Å²) < 4.78 is 0. The van der Waals surface area contributed by atoms with Crippen molar-refractivity contribution in [2.45, 2.75) is 33.8 Å². The second-order valence-electron chi connectivity index (χ2n) is 4.43. The van der Waals surface area contributed by atoms with Crippen LogP contribution in [-0.4, -0.2) is 10.1 Å². The van der Waals surface area contributed by atoms with E-state index in [-0.39, 0.29) is 0 Å². The van der Waals surface area contributed by atoms with Crippen LogP contribution in [0.3, 0.4) is 0 Å². The van der Waals surface area contributed by atoms with Gasteiger partial charge in [0.05, 0.1) is 15.6 Å². The minimum absolute atomic E-state index is 0.555. The predicted molar refractivity (Wildman–Crippen MR) is 71.6 cm³/mol. The number of rotatable bonds is 2. The molecule has 3 heteroatoms. The summed E-state index contributed by atoms with van der Waals surface area (Å²) in [6.07, 6.45) is -0.555. The van der Waals surface area contributed by atoms with Crippen LogP contribution in [0.4, 0.5) is 0 Å². The molecule has 0 radical (unpaired) electrons. The standard InChI is InChI=1S/C14H17NOS/c1-8-5-6-12(7-9(8)2)13(16)14-10(3)15-11(4)17-14/h5-7,13,16H,1-4H3. The molecule has 0 fully saturated rings. The van der Waals surface area contributed by atoms with Crippen LogP contribution in [0.25, 0.3) is 0 Å². The first-order valence-electron chi connectivity index (χ1n) is 5.68. The molecule has 90 valence electrons. The number of nitrogens with zero attached hydrogens (tertiary/aromatic N) is 1. The van der Waals surface area contributed by atoms with Crippen molar-refractivity contribution in [3.8, 4) is 0 Å². The van der Waals surface area contributed by atoms with Gasteiger partial charge in [-0.2, -0.15) is 0 Å². The zero-order valence-electron chi connectivity index (χ0n) is 10.6. The number of aliphatic hydroxyl groups is 1. The smallest absolute Gasteiger partial charge is 0.115 e. The number of aromatic nitrogens is 1. The zero-order chi connectivity index (χ0) is 12.6. The Bertz CT molecular complexity index is 545. The fraction of sp³-hybridized carbons (Fsp3) is 0.357. The van der Waals surface area contributed by atoms with Gasteiger partial charge >= 0.3 is 0 Å². The molecule has 0 aliphatic rings. The first-order chi connectivity index (χ1) is 7.99. The summed E-state index contributed by atoms with van der Waals surface area (Å²) in [4.78, 5) is 5.31. The van der Waals surface area contributed by atoms with Gasteiger partial charge in [0.1, 0.15) is 6.10 Å². The van der Waals surface area contributed by atoms with Gasteiger partial charge in [-0.3, -0.25) is 0 Å². The summed E-state index contributed by atoms with van der Waals surface area (Å²) in [5.41, 5.74) is 4.33. The van der Waals surface area contributed by atoms with Crippen molar-refractivity contribution in [2.24, 2.45) is 0 Å². The zero-order valence-corrected chi connectivity index (χ0v) is 11.4. The first kappa shape index (κ1) is 12.3. The van der Waals surface area contributed by atoms with Crippen LogP contribution in [-0.2, 0) is 0 Å². The minimum atomic E-state index is -0.555. The third-order valence-electron chi connectivity index (χ3n) is 3.03. The van der Waals surface area contributed by atoms with Crippen LogP contribution in [0, 0.1) is 27.7 Å². The summed E-state index contributed by atoms with van der Waals surface area (Å²) in [7, 11) is 0. The molecule has 0 saturated carbocycles. The lowest BCUT2D eigenvalue weighted by Crippen LogP contribution is -2.00. The van der Waals surface area contributed by atoms with E-state index >= 15 is 0 Å². The van der Waals surface area contributed by atoms with E-state index in [2.05, 4.69) is 31.0 Å². The van der Waals surface area contributed by atoms with Crippen LogP contribution < -0.4 is 0 Å². The maximum Gasteiger partial charge on any atom is 0.115 e. The normalized spacial score (nSPS) is 12.8. The van der Waals surface area contributed by atoms with E-state index in [0.29, 0.717) is 0 Å². The van der Waals surface area contributed by atoms with Crippen LogP contribution in [0.5, 0.6) is 0 Å². The van der Waals surface area contributed by atoms with Gasteiger partial charge in [-0.25, -0.2) is 4.98 Å². The summed E-state index contributed by atoms with van der Waals surface area (Å²) in [6.45, 7) is 8.06. The highest BCUT2D eigenvalue weighted by atomic mass is 32.1. The van der Waals surface area contributed by atoms with E-state index in [1.165, 1.54) is 11.1 Å². The average Bonchev–Trinajstić information content (AvgIpc) is 2.61. The van der Waals surface area contributed by atoms with Crippen molar-refractivity contribution in [3.63, 3.8) is 0 Å². The highest BCUT2D eigenvalue weighted by Gasteiger charge is 2.16. The Morgan fingerprint density at radius 3 is 2.35 bits per heavy atom. The van der Waals surface area contributed by atoms with Crippen LogP contribution >= 0.6 is 11.3 Å². The highest BCUT2D eigenvalue weighted by molar-refractivity contribution is 7.11. The van der Waals surface area contributed by atoms with Crippen LogP contribution in [0.15, 0.2) is 18.2 Å². The molecule has 1 unspecified atom stereocenters. The summed E-state index contributed by atoms with van der Waals surface area (Å²) in [6, 6.07) is 6.09. The van der Waals surface area contributed by atoms with Crippen molar-refractivity contribution in [1.82, 2.24) is 4.98 Å². The third kappa shape index (κ3) is 2.40. The monoisotopic (exact) mass is 247 g/mol. The number of thiazole rings is 1. The maximum atomic E-state index is 10.4. The van der Waals surface area contributed by atoms with Crippen molar-refractivity contribution >= 4 is 11.3 Å². The molecule has 0 bridgehead atoms. The van der Waals surface area contributed by atoms with Gasteiger partial charge in [-0.1, -0.05) is 18.2 Å². The largest absolute Gasteiger partial charge is 0.383 e. The Kier molecular flexibility index (Phi) is 3.31. The Labute approximate surface area is 106 Å². The third-order valence-corrected chi connectivity index (χ3v) is 4.16. The van der Waals surface area contributed by atoms with Gasteiger partial charge in [-0.05, 0) is 44.4 Å². The van der Waals surface area contributed by atoms with Gasteiger partial charge in [-0.15, -0.1) is 11.3 Å². The van der Waals surface area contributed by atoms with Crippen molar-refractivity contribution < 1.29 is 5.11 Å². The van der Waals surface area contributed by atoms with Crippen LogP contribution in [0.2, 0.25) is 0 Å². The summed E-state index contributed by atoms with van der Waals surface area (Å²) >= 11 is 1.57. The molecule has 2 aromatic rings. The van der Waals surface area contributed by atoms with Crippen molar-refractivity contribution in [2.75, 3.05) is 0 Å². The Hall–Kier alpha value is -1.19. The van der Waals surface area contributed by atoms with E-state index in [0.717, 1.165) is 21.1 Å². The van der Waals surface area contributed by atoms with Gasteiger partial charge in [0.15, 0.2) is 0 Å². The molecule has 1 aromatic heterocycles.